The molecule has 1 aliphatic carbocycles. The SMILES string of the molecule is CCN(c1c(N)cccc1Cl)C1CCCCC1. The maximum absolute atomic E-state index is 6.30. The van der Waals surface area contributed by atoms with Crippen LogP contribution in [0.4, 0.5) is 11.4 Å². The molecule has 2 nitrogen and oxygen atoms in total. The zero-order valence-corrected chi connectivity index (χ0v) is 11.2. The second-order valence-electron chi connectivity index (χ2n) is 4.76. The molecule has 94 valence electrons. The Morgan fingerprint density at radius 1 is 1.29 bits per heavy atom. The Kier molecular flexibility index (Phi) is 4.16. The molecule has 17 heavy (non-hydrogen) atoms. The van der Waals surface area contributed by atoms with Crippen LogP contribution >= 0.6 is 11.6 Å². The lowest BCUT2D eigenvalue weighted by molar-refractivity contribution is 0.418. The third kappa shape index (κ3) is 2.68. The first kappa shape index (κ1) is 12.6. The topological polar surface area (TPSA) is 29.3 Å². The molecule has 1 saturated carbocycles. The molecule has 1 aliphatic rings. The Morgan fingerprint density at radius 2 is 2.00 bits per heavy atom. The monoisotopic (exact) mass is 252 g/mol. The molecule has 0 unspecified atom stereocenters. The van der Waals surface area contributed by atoms with Gasteiger partial charge in [-0.3, -0.25) is 0 Å². The Morgan fingerprint density at radius 3 is 2.59 bits per heavy atom. The van der Waals surface area contributed by atoms with Crippen molar-refractivity contribution in [3.05, 3.63) is 23.2 Å². The second kappa shape index (κ2) is 5.63. The van der Waals surface area contributed by atoms with Gasteiger partial charge in [-0.15, -0.1) is 0 Å². The van der Waals surface area contributed by atoms with Crippen LogP contribution in [0.3, 0.4) is 0 Å². The van der Waals surface area contributed by atoms with Crippen LogP contribution in [-0.2, 0) is 0 Å². The number of anilines is 2. The lowest BCUT2D eigenvalue weighted by Crippen LogP contribution is -2.37. The van der Waals surface area contributed by atoms with Gasteiger partial charge in [-0.05, 0) is 31.9 Å². The Hall–Kier alpha value is -0.890. The molecule has 3 heteroatoms. The fraction of sp³-hybridized carbons (Fsp3) is 0.571. The summed E-state index contributed by atoms with van der Waals surface area (Å²) in [7, 11) is 0. The summed E-state index contributed by atoms with van der Waals surface area (Å²) >= 11 is 6.30. The van der Waals surface area contributed by atoms with E-state index in [0.717, 1.165) is 22.9 Å². The van der Waals surface area contributed by atoms with Crippen molar-refractivity contribution in [2.24, 2.45) is 0 Å². The van der Waals surface area contributed by atoms with E-state index in [2.05, 4.69) is 11.8 Å². The van der Waals surface area contributed by atoms with Crippen molar-refractivity contribution < 1.29 is 0 Å². The molecule has 0 radical (unpaired) electrons. The molecular weight excluding hydrogens is 232 g/mol. The van der Waals surface area contributed by atoms with Gasteiger partial charge in [-0.1, -0.05) is 36.9 Å². The van der Waals surface area contributed by atoms with Crippen LogP contribution < -0.4 is 10.6 Å². The minimum absolute atomic E-state index is 0.607. The number of rotatable bonds is 3. The first-order chi connectivity index (χ1) is 8.24. The van der Waals surface area contributed by atoms with Gasteiger partial charge in [0.25, 0.3) is 0 Å². The fourth-order valence-electron chi connectivity index (χ4n) is 2.83. The summed E-state index contributed by atoms with van der Waals surface area (Å²) in [6.45, 7) is 3.15. The van der Waals surface area contributed by atoms with Crippen LogP contribution in [0.15, 0.2) is 18.2 Å². The van der Waals surface area contributed by atoms with Crippen molar-refractivity contribution in [2.75, 3.05) is 17.2 Å². The second-order valence-corrected chi connectivity index (χ2v) is 5.16. The van der Waals surface area contributed by atoms with Crippen molar-refractivity contribution in [3.8, 4) is 0 Å². The van der Waals surface area contributed by atoms with E-state index in [1.54, 1.807) is 0 Å². The average molecular weight is 253 g/mol. The van der Waals surface area contributed by atoms with Crippen LogP contribution in [0.1, 0.15) is 39.0 Å². The van der Waals surface area contributed by atoms with E-state index in [9.17, 15) is 0 Å². The number of nitrogens with zero attached hydrogens (tertiary/aromatic N) is 1. The molecule has 0 heterocycles. The Balaban J connectivity index is 2.27. The summed E-state index contributed by atoms with van der Waals surface area (Å²) < 4.78 is 0. The lowest BCUT2D eigenvalue weighted by atomic mass is 9.93. The van der Waals surface area contributed by atoms with Crippen molar-refractivity contribution in [3.63, 3.8) is 0 Å². The van der Waals surface area contributed by atoms with E-state index < -0.39 is 0 Å². The maximum Gasteiger partial charge on any atom is 0.0791 e. The van der Waals surface area contributed by atoms with Crippen LogP contribution in [-0.4, -0.2) is 12.6 Å². The predicted octanol–water partition coefficient (Wildman–Crippen LogP) is 4.08. The molecule has 0 bridgehead atoms. The molecule has 0 amide bonds. The number of para-hydroxylation sites is 1. The molecule has 1 aromatic rings. The van der Waals surface area contributed by atoms with Crippen LogP contribution in [0.5, 0.6) is 0 Å². The number of hydrogen-bond acceptors (Lipinski definition) is 2. The molecule has 0 spiro atoms. The highest BCUT2D eigenvalue weighted by Crippen LogP contribution is 2.36. The van der Waals surface area contributed by atoms with Crippen molar-refractivity contribution in [1.82, 2.24) is 0 Å². The molecule has 1 aromatic carbocycles. The Labute approximate surface area is 109 Å². The van der Waals surface area contributed by atoms with E-state index >= 15 is 0 Å². The molecule has 2 rings (SSSR count). The smallest absolute Gasteiger partial charge is 0.0791 e. The zero-order chi connectivity index (χ0) is 12.3. The summed E-state index contributed by atoms with van der Waals surface area (Å²) in [5, 5.41) is 0.775. The summed E-state index contributed by atoms with van der Waals surface area (Å²) in [6.07, 6.45) is 6.54. The molecular formula is C14H21ClN2. The average Bonchev–Trinajstić information content (AvgIpc) is 2.35. The third-order valence-corrected chi connectivity index (χ3v) is 3.97. The first-order valence-electron chi connectivity index (χ1n) is 6.54. The predicted molar refractivity (Wildman–Crippen MR) is 75.8 cm³/mol. The van der Waals surface area contributed by atoms with E-state index in [1.807, 2.05) is 18.2 Å². The van der Waals surface area contributed by atoms with Crippen LogP contribution in [0.25, 0.3) is 0 Å². The standard InChI is InChI=1S/C14H21ClN2/c1-2-17(11-7-4-3-5-8-11)14-12(15)9-6-10-13(14)16/h6,9-11H,2-5,7-8,16H2,1H3. The van der Waals surface area contributed by atoms with E-state index in [4.69, 9.17) is 17.3 Å². The van der Waals surface area contributed by atoms with Crippen LogP contribution in [0, 0.1) is 0 Å². The summed E-state index contributed by atoms with van der Waals surface area (Å²) in [4.78, 5) is 2.39. The summed E-state index contributed by atoms with van der Waals surface area (Å²) in [5.74, 6) is 0. The molecule has 2 N–H and O–H groups in total. The molecule has 1 fully saturated rings. The van der Waals surface area contributed by atoms with E-state index in [-0.39, 0.29) is 0 Å². The minimum Gasteiger partial charge on any atom is -0.397 e. The molecule has 0 atom stereocenters. The van der Waals surface area contributed by atoms with Gasteiger partial charge < -0.3 is 10.6 Å². The van der Waals surface area contributed by atoms with Gasteiger partial charge in [-0.25, -0.2) is 0 Å². The van der Waals surface area contributed by atoms with Crippen molar-refractivity contribution in [1.29, 1.82) is 0 Å². The largest absolute Gasteiger partial charge is 0.397 e. The van der Waals surface area contributed by atoms with Gasteiger partial charge >= 0.3 is 0 Å². The fourth-order valence-corrected chi connectivity index (χ4v) is 3.12. The number of nitrogen functional groups attached to an aromatic ring is 1. The lowest BCUT2D eigenvalue weighted by Gasteiger charge is -2.36. The van der Waals surface area contributed by atoms with E-state index in [1.165, 1.54) is 32.1 Å². The minimum atomic E-state index is 0.607. The van der Waals surface area contributed by atoms with Gasteiger partial charge in [0.2, 0.25) is 0 Å². The number of hydrogen-bond donors (Lipinski definition) is 1. The van der Waals surface area contributed by atoms with Crippen LogP contribution in [0.2, 0.25) is 5.02 Å². The van der Waals surface area contributed by atoms with Gasteiger partial charge in [-0.2, -0.15) is 0 Å². The quantitative estimate of drug-likeness (QED) is 0.822. The van der Waals surface area contributed by atoms with Gasteiger partial charge in [0, 0.05) is 12.6 Å². The molecule has 0 saturated heterocycles. The maximum atomic E-state index is 6.30. The summed E-state index contributed by atoms with van der Waals surface area (Å²) in [5.41, 5.74) is 7.91. The highest BCUT2D eigenvalue weighted by molar-refractivity contribution is 6.34. The van der Waals surface area contributed by atoms with Gasteiger partial charge in [0.1, 0.15) is 0 Å². The normalized spacial score (nSPS) is 17.1. The van der Waals surface area contributed by atoms with Gasteiger partial charge in [0.15, 0.2) is 0 Å². The van der Waals surface area contributed by atoms with Crippen molar-refractivity contribution >= 4 is 23.0 Å². The number of halogens is 1. The third-order valence-electron chi connectivity index (χ3n) is 3.66. The first-order valence-corrected chi connectivity index (χ1v) is 6.92. The van der Waals surface area contributed by atoms with Crippen molar-refractivity contribution in [2.45, 2.75) is 45.1 Å². The number of benzene rings is 1. The highest BCUT2D eigenvalue weighted by atomic mass is 35.5. The zero-order valence-electron chi connectivity index (χ0n) is 10.5. The Bertz CT molecular complexity index is 352. The van der Waals surface area contributed by atoms with Gasteiger partial charge in [0.05, 0.1) is 16.4 Å². The molecule has 0 aliphatic heterocycles. The highest BCUT2D eigenvalue weighted by Gasteiger charge is 2.23. The number of nitrogens with two attached hydrogens (primary N) is 1. The summed E-state index contributed by atoms with van der Waals surface area (Å²) in [6, 6.07) is 6.39. The molecule has 0 aromatic heterocycles. The van der Waals surface area contributed by atoms with E-state index in [0.29, 0.717) is 6.04 Å².